The fraction of sp³-hybridized carbons (Fsp3) is 0.238. The van der Waals surface area contributed by atoms with Crippen LogP contribution in [-0.2, 0) is 6.54 Å². The number of anilines is 1. The van der Waals surface area contributed by atoms with E-state index in [1.165, 1.54) is 6.07 Å². The van der Waals surface area contributed by atoms with Crippen molar-refractivity contribution >= 4 is 11.7 Å². The van der Waals surface area contributed by atoms with E-state index in [9.17, 15) is 9.18 Å². The van der Waals surface area contributed by atoms with Crippen molar-refractivity contribution in [3.05, 3.63) is 77.6 Å². The number of nitrogens with zero attached hydrogens (tertiary/aromatic N) is 2. The Kier molecular flexibility index (Phi) is 5.54. The molecule has 0 unspecified atom stereocenters. The van der Waals surface area contributed by atoms with E-state index in [0.717, 1.165) is 11.3 Å². The average Bonchev–Trinajstić information content (AvgIpc) is 3.06. The highest BCUT2D eigenvalue weighted by Crippen LogP contribution is 2.23. The molecule has 2 amide bonds. The lowest BCUT2D eigenvalue weighted by molar-refractivity contribution is 0.251. The standard InChI is InChI=1S/C21H23FN4O/c1-14(2)17-6-4-5-7-19(17)25-21(27)24-13-16-8-9-20(18(22)12-16)26-11-10-23-15(26)3/h4-12,14H,13H2,1-3H3,(H2,24,25,27). The Balaban J connectivity index is 1.64. The van der Waals surface area contributed by atoms with Gasteiger partial charge in [0.25, 0.3) is 0 Å². The summed E-state index contributed by atoms with van der Waals surface area (Å²) in [4.78, 5) is 16.3. The lowest BCUT2D eigenvalue weighted by Gasteiger charge is -2.14. The molecule has 3 aromatic rings. The highest BCUT2D eigenvalue weighted by atomic mass is 19.1. The number of nitrogens with one attached hydrogen (secondary N) is 2. The van der Waals surface area contributed by atoms with E-state index in [1.54, 1.807) is 29.1 Å². The average molecular weight is 366 g/mol. The second kappa shape index (κ2) is 8.03. The van der Waals surface area contributed by atoms with Crippen LogP contribution in [-0.4, -0.2) is 15.6 Å². The molecule has 0 spiro atoms. The Hall–Kier alpha value is -3.15. The zero-order chi connectivity index (χ0) is 19.4. The highest BCUT2D eigenvalue weighted by molar-refractivity contribution is 5.90. The predicted octanol–water partition coefficient (Wildman–Crippen LogP) is 4.76. The smallest absolute Gasteiger partial charge is 0.319 e. The molecule has 5 nitrogen and oxygen atoms in total. The summed E-state index contributed by atoms with van der Waals surface area (Å²) in [5.74, 6) is 0.652. The van der Waals surface area contributed by atoms with Gasteiger partial charge in [-0.05, 0) is 42.2 Å². The molecule has 2 N–H and O–H groups in total. The van der Waals surface area contributed by atoms with Gasteiger partial charge in [0.2, 0.25) is 0 Å². The van der Waals surface area contributed by atoms with Crippen molar-refractivity contribution in [3.63, 3.8) is 0 Å². The molecule has 0 atom stereocenters. The topological polar surface area (TPSA) is 59.0 Å². The maximum Gasteiger partial charge on any atom is 0.319 e. The molecule has 0 radical (unpaired) electrons. The quantitative estimate of drug-likeness (QED) is 0.684. The monoisotopic (exact) mass is 366 g/mol. The van der Waals surface area contributed by atoms with Gasteiger partial charge in [0.05, 0.1) is 5.69 Å². The van der Waals surface area contributed by atoms with E-state index < -0.39 is 0 Å². The zero-order valence-electron chi connectivity index (χ0n) is 15.7. The second-order valence-corrected chi connectivity index (χ2v) is 6.68. The minimum Gasteiger partial charge on any atom is -0.334 e. The van der Waals surface area contributed by atoms with E-state index in [2.05, 4.69) is 29.5 Å². The van der Waals surface area contributed by atoms with Gasteiger partial charge >= 0.3 is 6.03 Å². The SMILES string of the molecule is Cc1nccn1-c1ccc(CNC(=O)Nc2ccccc2C(C)C)cc1F. The number of hydrogen-bond donors (Lipinski definition) is 2. The van der Waals surface area contributed by atoms with Crippen molar-refractivity contribution in [2.24, 2.45) is 0 Å². The van der Waals surface area contributed by atoms with Crippen LogP contribution in [0.5, 0.6) is 0 Å². The third kappa shape index (κ3) is 4.34. The van der Waals surface area contributed by atoms with E-state index >= 15 is 0 Å². The Morgan fingerprint density at radius 2 is 2.00 bits per heavy atom. The molecule has 140 valence electrons. The summed E-state index contributed by atoms with van der Waals surface area (Å²) in [6.07, 6.45) is 3.34. The van der Waals surface area contributed by atoms with Crippen LogP contribution in [0, 0.1) is 12.7 Å². The van der Waals surface area contributed by atoms with Crippen molar-refractivity contribution in [2.45, 2.75) is 33.2 Å². The van der Waals surface area contributed by atoms with Crippen molar-refractivity contribution in [2.75, 3.05) is 5.32 Å². The zero-order valence-corrected chi connectivity index (χ0v) is 15.7. The number of halogens is 1. The lowest BCUT2D eigenvalue weighted by atomic mass is 10.0. The molecule has 1 aromatic heterocycles. The number of aryl methyl sites for hydroxylation is 1. The number of amides is 2. The molecule has 27 heavy (non-hydrogen) atoms. The van der Waals surface area contributed by atoms with Crippen LogP contribution in [0.4, 0.5) is 14.9 Å². The number of carbonyl (C=O) groups excluding carboxylic acids is 1. The molecule has 2 aromatic carbocycles. The van der Waals surface area contributed by atoms with Gasteiger partial charge in [-0.15, -0.1) is 0 Å². The second-order valence-electron chi connectivity index (χ2n) is 6.68. The highest BCUT2D eigenvalue weighted by Gasteiger charge is 2.11. The molecule has 0 aliphatic rings. The Morgan fingerprint density at radius 3 is 2.67 bits per heavy atom. The van der Waals surface area contributed by atoms with Crippen LogP contribution in [0.25, 0.3) is 5.69 Å². The van der Waals surface area contributed by atoms with Gasteiger partial charge in [0.1, 0.15) is 11.6 Å². The number of benzene rings is 2. The van der Waals surface area contributed by atoms with Crippen LogP contribution in [0.1, 0.15) is 36.7 Å². The van der Waals surface area contributed by atoms with E-state index in [4.69, 9.17) is 0 Å². The number of hydrogen-bond acceptors (Lipinski definition) is 2. The van der Waals surface area contributed by atoms with Gasteiger partial charge in [-0.3, -0.25) is 0 Å². The third-order valence-corrected chi connectivity index (χ3v) is 4.38. The van der Waals surface area contributed by atoms with Crippen molar-refractivity contribution in [1.29, 1.82) is 0 Å². The molecule has 0 saturated carbocycles. The van der Waals surface area contributed by atoms with Gasteiger partial charge in [-0.2, -0.15) is 0 Å². The Bertz CT molecular complexity index is 949. The summed E-state index contributed by atoms with van der Waals surface area (Å²) in [6.45, 7) is 6.19. The fourth-order valence-electron chi connectivity index (χ4n) is 2.95. The summed E-state index contributed by atoms with van der Waals surface area (Å²) in [6, 6.07) is 12.3. The number of imidazole rings is 1. The maximum atomic E-state index is 14.4. The van der Waals surface area contributed by atoms with Gasteiger partial charge in [-0.1, -0.05) is 38.1 Å². The minimum atomic E-state index is -0.360. The number of carbonyl (C=O) groups is 1. The van der Waals surface area contributed by atoms with Crippen molar-refractivity contribution < 1.29 is 9.18 Å². The predicted molar refractivity (Wildman–Crippen MR) is 105 cm³/mol. The molecular weight excluding hydrogens is 343 g/mol. The first-order valence-electron chi connectivity index (χ1n) is 8.88. The van der Waals surface area contributed by atoms with E-state index in [0.29, 0.717) is 23.0 Å². The molecule has 0 aliphatic heterocycles. The Morgan fingerprint density at radius 1 is 1.22 bits per heavy atom. The molecule has 6 heteroatoms. The van der Waals surface area contributed by atoms with Crippen LogP contribution in [0.3, 0.4) is 0 Å². The van der Waals surface area contributed by atoms with Gasteiger partial charge in [-0.25, -0.2) is 14.2 Å². The molecular formula is C21H23FN4O. The normalized spacial score (nSPS) is 10.9. The Labute approximate surface area is 158 Å². The van der Waals surface area contributed by atoms with Crippen LogP contribution in [0.2, 0.25) is 0 Å². The van der Waals surface area contributed by atoms with Gasteiger partial charge < -0.3 is 15.2 Å². The molecule has 1 heterocycles. The van der Waals surface area contributed by atoms with Gasteiger partial charge in [0, 0.05) is 24.6 Å². The summed E-state index contributed by atoms with van der Waals surface area (Å²) in [5.41, 5.74) is 2.96. The minimum absolute atomic E-state index is 0.232. The number of urea groups is 1. The summed E-state index contributed by atoms with van der Waals surface area (Å²) in [5, 5.41) is 5.63. The molecule has 3 rings (SSSR count). The molecule has 0 bridgehead atoms. The lowest BCUT2D eigenvalue weighted by Crippen LogP contribution is -2.28. The maximum absolute atomic E-state index is 14.4. The van der Waals surface area contributed by atoms with Crippen LogP contribution < -0.4 is 10.6 Å². The number of para-hydroxylation sites is 1. The molecule has 0 fully saturated rings. The van der Waals surface area contributed by atoms with Crippen LogP contribution in [0.15, 0.2) is 54.9 Å². The first kappa shape index (κ1) is 18.6. The van der Waals surface area contributed by atoms with E-state index in [1.807, 2.05) is 31.2 Å². The van der Waals surface area contributed by atoms with E-state index in [-0.39, 0.29) is 18.4 Å². The van der Waals surface area contributed by atoms with Crippen LogP contribution >= 0.6 is 0 Å². The molecule has 0 saturated heterocycles. The third-order valence-electron chi connectivity index (χ3n) is 4.38. The fourth-order valence-corrected chi connectivity index (χ4v) is 2.95. The molecule has 0 aliphatic carbocycles. The first-order chi connectivity index (χ1) is 13.0. The van der Waals surface area contributed by atoms with Crippen molar-refractivity contribution in [3.8, 4) is 5.69 Å². The summed E-state index contributed by atoms with van der Waals surface area (Å²) in [7, 11) is 0. The summed E-state index contributed by atoms with van der Waals surface area (Å²) < 4.78 is 16.1. The first-order valence-corrected chi connectivity index (χ1v) is 8.88. The van der Waals surface area contributed by atoms with Crippen molar-refractivity contribution in [1.82, 2.24) is 14.9 Å². The number of aromatic nitrogens is 2. The van der Waals surface area contributed by atoms with Gasteiger partial charge in [0.15, 0.2) is 0 Å². The largest absolute Gasteiger partial charge is 0.334 e. The summed E-state index contributed by atoms with van der Waals surface area (Å²) >= 11 is 0. The number of rotatable bonds is 5.